The van der Waals surface area contributed by atoms with Crippen LogP contribution in [0.1, 0.15) is 5.56 Å². The standard InChI is InChI=1S/C26H21N3O2/c30-24(27-16-14-19-8-5-7-18-9-6-15-28-25(18)19)17-29-22-12-3-1-10-20(22)26(31)21-11-2-4-13-23(21)29/h1-13,15H,14,16-17H2,(H,27,30). The Bertz CT molecular complexity index is 1420. The molecule has 0 aliphatic rings. The van der Waals surface area contributed by atoms with Crippen LogP contribution in [0.15, 0.2) is 89.9 Å². The number of nitrogens with one attached hydrogen (secondary N) is 1. The SMILES string of the molecule is O=C(Cn1c2ccccc2c(=O)c2ccccc21)NCCc1cccc2cccnc12. The largest absolute Gasteiger partial charge is 0.354 e. The number of nitrogens with zero attached hydrogens (tertiary/aromatic N) is 2. The lowest BCUT2D eigenvalue weighted by atomic mass is 10.1. The second-order valence-corrected chi connectivity index (χ2v) is 7.54. The number of carbonyl (C=O) groups is 1. The van der Waals surface area contributed by atoms with Gasteiger partial charge in [0.2, 0.25) is 5.91 Å². The van der Waals surface area contributed by atoms with Crippen LogP contribution in [0.2, 0.25) is 0 Å². The topological polar surface area (TPSA) is 64.0 Å². The molecule has 5 rings (SSSR count). The van der Waals surface area contributed by atoms with Gasteiger partial charge in [-0.15, -0.1) is 0 Å². The number of benzene rings is 3. The molecule has 1 amide bonds. The number of pyridine rings is 2. The summed E-state index contributed by atoms with van der Waals surface area (Å²) in [5, 5.41) is 5.36. The summed E-state index contributed by atoms with van der Waals surface area (Å²) in [6.07, 6.45) is 2.49. The Kier molecular flexibility index (Phi) is 4.92. The molecule has 31 heavy (non-hydrogen) atoms. The van der Waals surface area contributed by atoms with E-state index in [0.29, 0.717) is 23.7 Å². The lowest BCUT2D eigenvalue weighted by Gasteiger charge is -2.15. The van der Waals surface area contributed by atoms with Crippen molar-refractivity contribution < 1.29 is 4.79 Å². The molecule has 2 aromatic heterocycles. The van der Waals surface area contributed by atoms with Gasteiger partial charge in [0.1, 0.15) is 6.54 Å². The van der Waals surface area contributed by atoms with E-state index in [2.05, 4.69) is 10.3 Å². The summed E-state index contributed by atoms with van der Waals surface area (Å²) in [4.78, 5) is 30.1. The van der Waals surface area contributed by atoms with Crippen molar-refractivity contribution in [3.63, 3.8) is 0 Å². The highest BCUT2D eigenvalue weighted by molar-refractivity contribution is 5.94. The van der Waals surface area contributed by atoms with E-state index in [9.17, 15) is 9.59 Å². The maximum absolute atomic E-state index is 12.8. The van der Waals surface area contributed by atoms with Gasteiger partial charge in [0.15, 0.2) is 5.43 Å². The summed E-state index contributed by atoms with van der Waals surface area (Å²) in [5.41, 5.74) is 3.60. The monoisotopic (exact) mass is 407 g/mol. The van der Waals surface area contributed by atoms with Crippen molar-refractivity contribution in [1.82, 2.24) is 14.9 Å². The molecule has 152 valence electrons. The number of amides is 1. The zero-order chi connectivity index (χ0) is 21.2. The maximum Gasteiger partial charge on any atom is 0.239 e. The van der Waals surface area contributed by atoms with Crippen molar-refractivity contribution in [1.29, 1.82) is 0 Å². The fraction of sp³-hybridized carbons (Fsp3) is 0.115. The Balaban J connectivity index is 1.39. The van der Waals surface area contributed by atoms with Crippen LogP contribution in [0.4, 0.5) is 0 Å². The highest BCUT2D eigenvalue weighted by atomic mass is 16.2. The number of aromatic nitrogens is 2. The Morgan fingerprint density at radius 2 is 1.52 bits per heavy atom. The van der Waals surface area contributed by atoms with Crippen LogP contribution < -0.4 is 10.7 Å². The molecule has 0 aliphatic heterocycles. The van der Waals surface area contributed by atoms with Crippen molar-refractivity contribution in [2.45, 2.75) is 13.0 Å². The summed E-state index contributed by atoms with van der Waals surface area (Å²) < 4.78 is 1.92. The third-order valence-corrected chi connectivity index (χ3v) is 5.61. The van der Waals surface area contributed by atoms with E-state index in [0.717, 1.165) is 27.5 Å². The van der Waals surface area contributed by atoms with Gasteiger partial charge in [0.25, 0.3) is 0 Å². The number of fused-ring (bicyclic) bond motifs is 3. The Morgan fingerprint density at radius 1 is 0.839 bits per heavy atom. The molecule has 0 saturated heterocycles. The minimum absolute atomic E-state index is 0.00804. The Hall–Kier alpha value is -3.99. The quantitative estimate of drug-likeness (QED) is 0.447. The molecule has 1 N–H and O–H groups in total. The van der Waals surface area contributed by atoms with Crippen LogP contribution >= 0.6 is 0 Å². The summed E-state index contributed by atoms with van der Waals surface area (Å²) in [6, 6.07) is 24.9. The number of hydrogen-bond acceptors (Lipinski definition) is 3. The molecule has 3 aromatic carbocycles. The first-order valence-electron chi connectivity index (χ1n) is 10.3. The van der Waals surface area contributed by atoms with Crippen LogP contribution in [-0.2, 0) is 17.8 Å². The highest BCUT2D eigenvalue weighted by Gasteiger charge is 2.12. The molecule has 5 aromatic rings. The van der Waals surface area contributed by atoms with E-state index in [1.807, 2.05) is 83.4 Å². The van der Waals surface area contributed by atoms with Gasteiger partial charge >= 0.3 is 0 Å². The molecule has 0 spiro atoms. The second kappa shape index (κ2) is 8.03. The first kappa shape index (κ1) is 19.0. The molecule has 5 heteroatoms. The van der Waals surface area contributed by atoms with Crippen LogP contribution in [0, 0.1) is 0 Å². The van der Waals surface area contributed by atoms with Crippen LogP contribution in [-0.4, -0.2) is 22.0 Å². The molecule has 2 heterocycles. The van der Waals surface area contributed by atoms with E-state index < -0.39 is 0 Å². The third kappa shape index (κ3) is 3.55. The van der Waals surface area contributed by atoms with Gasteiger partial charge in [-0.3, -0.25) is 14.6 Å². The third-order valence-electron chi connectivity index (χ3n) is 5.61. The van der Waals surface area contributed by atoms with Gasteiger partial charge in [0.05, 0.1) is 16.6 Å². The fourth-order valence-electron chi connectivity index (χ4n) is 4.15. The van der Waals surface area contributed by atoms with Crippen molar-refractivity contribution in [2.75, 3.05) is 6.54 Å². The van der Waals surface area contributed by atoms with Crippen molar-refractivity contribution in [3.8, 4) is 0 Å². The van der Waals surface area contributed by atoms with Crippen molar-refractivity contribution >= 4 is 38.6 Å². The lowest BCUT2D eigenvalue weighted by molar-refractivity contribution is -0.121. The van der Waals surface area contributed by atoms with E-state index in [-0.39, 0.29) is 17.9 Å². The maximum atomic E-state index is 12.8. The summed E-state index contributed by atoms with van der Waals surface area (Å²) in [6.45, 7) is 0.666. The van der Waals surface area contributed by atoms with Gasteiger partial charge in [-0.1, -0.05) is 48.5 Å². The zero-order valence-electron chi connectivity index (χ0n) is 16.9. The average Bonchev–Trinajstić information content (AvgIpc) is 2.82. The van der Waals surface area contributed by atoms with Crippen molar-refractivity contribution in [3.05, 3.63) is 101 Å². The van der Waals surface area contributed by atoms with Crippen molar-refractivity contribution in [2.24, 2.45) is 0 Å². The number of rotatable bonds is 5. The zero-order valence-corrected chi connectivity index (χ0v) is 16.9. The molecule has 5 nitrogen and oxygen atoms in total. The minimum Gasteiger partial charge on any atom is -0.354 e. The summed E-state index contributed by atoms with van der Waals surface area (Å²) >= 11 is 0. The number of carbonyl (C=O) groups excluding carboxylic acids is 1. The first-order chi connectivity index (χ1) is 15.2. The van der Waals surface area contributed by atoms with Crippen LogP contribution in [0.3, 0.4) is 0 Å². The van der Waals surface area contributed by atoms with Gasteiger partial charge in [-0.2, -0.15) is 0 Å². The van der Waals surface area contributed by atoms with Gasteiger partial charge in [-0.05, 0) is 42.3 Å². The summed E-state index contributed by atoms with van der Waals surface area (Å²) in [7, 11) is 0. The minimum atomic E-state index is -0.0906. The predicted molar refractivity (Wildman–Crippen MR) is 124 cm³/mol. The second-order valence-electron chi connectivity index (χ2n) is 7.54. The molecule has 0 unspecified atom stereocenters. The van der Waals surface area contributed by atoms with E-state index in [1.165, 1.54) is 0 Å². The highest BCUT2D eigenvalue weighted by Crippen LogP contribution is 2.19. The molecular weight excluding hydrogens is 386 g/mol. The fourth-order valence-corrected chi connectivity index (χ4v) is 4.15. The first-order valence-corrected chi connectivity index (χ1v) is 10.3. The van der Waals surface area contributed by atoms with Gasteiger partial charge in [-0.25, -0.2) is 0 Å². The van der Waals surface area contributed by atoms with Gasteiger partial charge in [0, 0.05) is 28.9 Å². The normalized spacial score (nSPS) is 11.2. The Morgan fingerprint density at radius 3 is 2.26 bits per heavy atom. The summed E-state index contributed by atoms with van der Waals surface area (Å²) in [5.74, 6) is -0.0906. The average molecular weight is 407 g/mol. The molecule has 0 radical (unpaired) electrons. The van der Waals surface area contributed by atoms with E-state index >= 15 is 0 Å². The molecule has 0 saturated carbocycles. The molecule has 0 bridgehead atoms. The number of para-hydroxylation sites is 3. The lowest BCUT2D eigenvalue weighted by Crippen LogP contribution is -2.30. The van der Waals surface area contributed by atoms with E-state index in [4.69, 9.17) is 0 Å². The van der Waals surface area contributed by atoms with Crippen LogP contribution in [0.5, 0.6) is 0 Å². The number of hydrogen-bond donors (Lipinski definition) is 1. The molecule has 0 fully saturated rings. The Labute approximate surface area is 179 Å². The predicted octanol–water partition coefficient (Wildman–Crippen LogP) is 4.06. The molecular formula is C26H21N3O2. The molecule has 0 atom stereocenters. The van der Waals surface area contributed by atoms with E-state index in [1.54, 1.807) is 6.20 Å². The van der Waals surface area contributed by atoms with Gasteiger partial charge < -0.3 is 9.88 Å². The van der Waals surface area contributed by atoms with Crippen LogP contribution in [0.25, 0.3) is 32.7 Å². The smallest absolute Gasteiger partial charge is 0.239 e. The molecule has 0 aliphatic carbocycles.